The number of aliphatic hydroxyl groups is 1. The van der Waals surface area contributed by atoms with Crippen LogP contribution in [0.4, 0.5) is 0 Å². The molecule has 2 heterocycles. The number of hydrogen-bond acceptors (Lipinski definition) is 3. The average molecular weight is 211 g/mol. The maximum atomic E-state index is 10.2. The molecule has 0 aromatic carbocycles. The molecule has 2 rings (SSSR count). The topological polar surface area (TPSA) is 32.3 Å². The van der Waals surface area contributed by atoms with Gasteiger partial charge in [0.25, 0.3) is 0 Å². The molecular formula is C11H17NOS. The van der Waals surface area contributed by atoms with E-state index < -0.39 is 0 Å². The minimum Gasteiger partial charge on any atom is -0.387 e. The Bertz CT molecular complexity index is 291. The molecule has 1 aliphatic heterocycles. The van der Waals surface area contributed by atoms with Gasteiger partial charge in [0.05, 0.1) is 6.10 Å². The zero-order valence-corrected chi connectivity index (χ0v) is 9.31. The van der Waals surface area contributed by atoms with Gasteiger partial charge in [-0.3, -0.25) is 0 Å². The lowest BCUT2D eigenvalue weighted by atomic mass is 9.90. The lowest BCUT2D eigenvalue weighted by Crippen LogP contribution is -2.30. The molecule has 14 heavy (non-hydrogen) atoms. The molecule has 1 atom stereocenters. The third-order valence-corrected chi connectivity index (χ3v) is 4.09. The fourth-order valence-corrected chi connectivity index (χ4v) is 3.07. The molecule has 2 N–H and O–H groups in total. The first-order valence-corrected chi connectivity index (χ1v) is 6.10. The Morgan fingerprint density at radius 3 is 2.79 bits per heavy atom. The van der Waals surface area contributed by atoms with Crippen LogP contribution in [0.15, 0.2) is 11.4 Å². The number of nitrogens with one attached hydrogen (secondary N) is 1. The maximum absolute atomic E-state index is 10.2. The van der Waals surface area contributed by atoms with Gasteiger partial charge in [-0.15, -0.1) is 11.3 Å². The SMILES string of the molecule is Cc1ccsc1C(O)C1CCNCC1. The number of piperidine rings is 1. The summed E-state index contributed by atoms with van der Waals surface area (Å²) < 4.78 is 0. The smallest absolute Gasteiger partial charge is 0.0913 e. The first-order valence-electron chi connectivity index (χ1n) is 5.22. The molecule has 1 aromatic rings. The zero-order chi connectivity index (χ0) is 9.97. The van der Waals surface area contributed by atoms with E-state index in [-0.39, 0.29) is 6.10 Å². The molecule has 1 aromatic heterocycles. The molecule has 3 heteroatoms. The summed E-state index contributed by atoms with van der Waals surface area (Å²) in [5.41, 5.74) is 1.24. The van der Waals surface area contributed by atoms with Crippen LogP contribution in [0.2, 0.25) is 0 Å². The van der Waals surface area contributed by atoms with E-state index in [1.165, 1.54) is 5.56 Å². The molecule has 0 saturated carbocycles. The van der Waals surface area contributed by atoms with Crippen LogP contribution in [0, 0.1) is 12.8 Å². The fourth-order valence-electron chi connectivity index (χ4n) is 2.06. The van der Waals surface area contributed by atoms with Crippen molar-refractivity contribution in [2.45, 2.75) is 25.9 Å². The van der Waals surface area contributed by atoms with Crippen molar-refractivity contribution < 1.29 is 5.11 Å². The zero-order valence-electron chi connectivity index (χ0n) is 8.49. The monoisotopic (exact) mass is 211 g/mol. The van der Waals surface area contributed by atoms with Crippen molar-refractivity contribution in [3.63, 3.8) is 0 Å². The number of hydrogen-bond donors (Lipinski definition) is 2. The molecule has 1 aliphatic rings. The molecule has 0 amide bonds. The van der Waals surface area contributed by atoms with Gasteiger partial charge in [-0.1, -0.05) is 0 Å². The van der Waals surface area contributed by atoms with Gasteiger partial charge >= 0.3 is 0 Å². The molecule has 0 spiro atoms. The summed E-state index contributed by atoms with van der Waals surface area (Å²) >= 11 is 1.68. The highest BCUT2D eigenvalue weighted by atomic mass is 32.1. The van der Waals surface area contributed by atoms with E-state index in [0.29, 0.717) is 5.92 Å². The van der Waals surface area contributed by atoms with Gasteiger partial charge < -0.3 is 10.4 Å². The summed E-state index contributed by atoms with van der Waals surface area (Å²) in [5.74, 6) is 0.452. The van der Waals surface area contributed by atoms with Crippen LogP contribution in [0.3, 0.4) is 0 Å². The highest BCUT2D eigenvalue weighted by Crippen LogP contribution is 2.33. The molecule has 0 radical (unpaired) electrons. The summed E-state index contributed by atoms with van der Waals surface area (Å²) in [6.45, 7) is 4.18. The van der Waals surface area contributed by atoms with Crippen LogP contribution in [0.1, 0.15) is 29.4 Å². The van der Waals surface area contributed by atoms with Crippen molar-refractivity contribution in [1.82, 2.24) is 5.32 Å². The lowest BCUT2D eigenvalue weighted by molar-refractivity contribution is 0.0916. The van der Waals surface area contributed by atoms with Crippen molar-refractivity contribution in [3.8, 4) is 0 Å². The van der Waals surface area contributed by atoms with Crippen molar-refractivity contribution in [3.05, 3.63) is 21.9 Å². The Morgan fingerprint density at radius 1 is 1.50 bits per heavy atom. The third-order valence-electron chi connectivity index (χ3n) is 3.00. The first-order chi connectivity index (χ1) is 6.79. The molecule has 1 fully saturated rings. The first kappa shape index (κ1) is 10.1. The van der Waals surface area contributed by atoms with Crippen LogP contribution < -0.4 is 5.32 Å². The molecule has 0 aliphatic carbocycles. The number of aliphatic hydroxyl groups excluding tert-OH is 1. The van der Waals surface area contributed by atoms with Crippen LogP contribution in [-0.4, -0.2) is 18.2 Å². The second kappa shape index (κ2) is 4.43. The highest BCUT2D eigenvalue weighted by Gasteiger charge is 2.24. The van der Waals surface area contributed by atoms with Crippen molar-refractivity contribution in [1.29, 1.82) is 0 Å². The summed E-state index contributed by atoms with van der Waals surface area (Å²) in [6, 6.07) is 2.09. The van der Waals surface area contributed by atoms with Gasteiger partial charge in [-0.25, -0.2) is 0 Å². The Morgan fingerprint density at radius 2 is 2.21 bits per heavy atom. The molecular weight excluding hydrogens is 194 g/mol. The van der Waals surface area contributed by atoms with Gasteiger partial charge in [0.1, 0.15) is 0 Å². The summed E-state index contributed by atoms with van der Waals surface area (Å²) in [4.78, 5) is 1.16. The van der Waals surface area contributed by atoms with E-state index in [1.54, 1.807) is 11.3 Å². The Kier molecular flexibility index (Phi) is 3.21. The minimum atomic E-state index is -0.239. The Labute approximate surface area is 89.0 Å². The van der Waals surface area contributed by atoms with Crippen LogP contribution in [0.5, 0.6) is 0 Å². The van der Waals surface area contributed by atoms with Gasteiger partial charge in [0.15, 0.2) is 0 Å². The molecule has 1 saturated heterocycles. The van der Waals surface area contributed by atoms with Gasteiger partial charge in [0, 0.05) is 4.88 Å². The quantitative estimate of drug-likeness (QED) is 0.785. The minimum absolute atomic E-state index is 0.239. The lowest BCUT2D eigenvalue weighted by Gasteiger charge is -2.27. The molecule has 2 nitrogen and oxygen atoms in total. The highest BCUT2D eigenvalue weighted by molar-refractivity contribution is 7.10. The predicted molar refractivity (Wildman–Crippen MR) is 59.6 cm³/mol. The van der Waals surface area contributed by atoms with Crippen LogP contribution in [-0.2, 0) is 0 Å². The molecule has 0 bridgehead atoms. The van der Waals surface area contributed by atoms with E-state index in [4.69, 9.17) is 0 Å². The molecule has 1 unspecified atom stereocenters. The second-order valence-corrected chi connectivity index (χ2v) is 4.95. The standard InChI is InChI=1S/C11H17NOS/c1-8-4-7-14-11(8)10(13)9-2-5-12-6-3-9/h4,7,9-10,12-13H,2-3,5-6H2,1H3. The van der Waals surface area contributed by atoms with Gasteiger partial charge in [0.2, 0.25) is 0 Å². The maximum Gasteiger partial charge on any atom is 0.0913 e. The van der Waals surface area contributed by atoms with Crippen LogP contribution >= 0.6 is 11.3 Å². The van der Waals surface area contributed by atoms with E-state index in [9.17, 15) is 5.11 Å². The fraction of sp³-hybridized carbons (Fsp3) is 0.636. The predicted octanol–water partition coefficient (Wildman–Crippen LogP) is 2.09. The Hall–Kier alpha value is -0.380. The van der Waals surface area contributed by atoms with E-state index in [0.717, 1.165) is 30.8 Å². The normalized spacial score (nSPS) is 21.0. The summed E-state index contributed by atoms with van der Waals surface area (Å²) in [6.07, 6.45) is 1.95. The third kappa shape index (κ3) is 2.00. The van der Waals surface area contributed by atoms with Crippen molar-refractivity contribution in [2.75, 3.05) is 13.1 Å². The summed E-state index contributed by atoms with van der Waals surface area (Å²) in [7, 11) is 0. The molecule has 78 valence electrons. The second-order valence-electron chi connectivity index (χ2n) is 4.00. The van der Waals surface area contributed by atoms with E-state index in [1.807, 2.05) is 0 Å². The number of aryl methyl sites for hydroxylation is 1. The van der Waals surface area contributed by atoms with E-state index >= 15 is 0 Å². The largest absolute Gasteiger partial charge is 0.387 e. The van der Waals surface area contributed by atoms with E-state index in [2.05, 4.69) is 23.7 Å². The van der Waals surface area contributed by atoms with Gasteiger partial charge in [-0.05, 0) is 55.8 Å². The average Bonchev–Trinajstić information content (AvgIpc) is 2.65. The summed E-state index contributed by atoms with van der Waals surface area (Å²) in [5, 5.41) is 15.6. The van der Waals surface area contributed by atoms with Crippen molar-refractivity contribution in [2.24, 2.45) is 5.92 Å². The van der Waals surface area contributed by atoms with Gasteiger partial charge in [-0.2, -0.15) is 0 Å². The van der Waals surface area contributed by atoms with Crippen molar-refractivity contribution >= 4 is 11.3 Å². The number of rotatable bonds is 2. The number of thiophene rings is 1. The van der Waals surface area contributed by atoms with Crippen LogP contribution in [0.25, 0.3) is 0 Å². The Balaban J connectivity index is 2.07.